The largest absolute Gasteiger partial charge is 0.462 e. The second-order valence-corrected chi connectivity index (χ2v) is 7.90. The number of thioether (sulfide) groups is 1. The smallest absolute Gasteiger partial charge is 0.237 e. The summed E-state index contributed by atoms with van der Waals surface area (Å²) in [6, 6.07) is 10.8. The molecule has 2 aromatic heterocycles. The van der Waals surface area contributed by atoms with Gasteiger partial charge in [-0.05, 0) is 50.3 Å². The van der Waals surface area contributed by atoms with Gasteiger partial charge in [-0.25, -0.2) is 4.98 Å². The molecule has 2 N–H and O–H groups in total. The zero-order chi connectivity index (χ0) is 21.1. The maximum atomic E-state index is 13.0. The molecule has 3 heterocycles. The van der Waals surface area contributed by atoms with Gasteiger partial charge in [0.15, 0.2) is 0 Å². The molecule has 0 saturated heterocycles. The van der Waals surface area contributed by atoms with Crippen molar-refractivity contribution in [3.05, 3.63) is 53.7 Å². The van der Waals surface area contributed by atoms with Crippen molar-refractivity contribution in [1.29, 1.82) is 0 Å². The van der Waals surface area contributed by atoms with Crippen molar-refractivity contribution in [1.82, 2.24) is 15.2 Å². The first-order valence-electron chi connectivity index (χ1n) is 9.50. The van der Waals surface area contributed by atoms with Crippen LogP contribution in [0.25, 0.3) is 12.2 Å². The fourth-order valence-electron chi connectivity index (χ4n) is 3.26. The number of rotatable bonds is 5. The molecule has 3 aromatic rings. The van der Waals surface area contributed by atoms with Crippen molar-refractivity contribution >= 4 is 47.1 Å². The predicted octanol–water partition coefficient (Wildman–Crippen LogP) is 3.73. The second-order valence-electron chi connectivity index (χ2n) is 6.96. The lowest BCUT2D eigenvalue weighted by atomic mass is 10.2. The van der Waals surface area contributed by atoms with Crippen molar-refractivity contribution < 1.29 is 14.0 Å². The summed E-state index contributed by atoms with van der Waals surface area (Å²) in [6.07, 6.45) is 3.81. The first kappa shape index (κ1) is 20.0. The highest BCUT2D eigenvalue weighted by Gasteiger charge is 2.29. The molecular formula is C21H21N5O3S. The molecule has 1 atom stereocenters. The summed E-state index contributed by atoms with van der Waals surface area (Å²) >= 11 is 1.25. The van der Waals surface area contributed by atoms with Crippen LogP contribution in [0.1, 0.15) is 30.7 Å². The lowest BCUT2D eigenvalue weighted by Crippen LogP contribution is -2.40. The van der Waals surface area contributed by atoms with E-state index in [0.29, 0.717) is 22.4 Å². The fraction of sp³-hybridized carbons (Fsp3) is 0.238. The number of nitrogens with zero attached hydrogens (tertiary/aromatic N) is 3. The second kappa shape index (κ2) is 8.58. The molecule has 1 aliphatic heterocycles. The fourth-order valence-corrected chi connectivity index (χ4v) is 3.93. The molecule has 9 heteroatoms. The normalized spacial score (nSPS) is 16.4. The standard InChI is InChI=1S/C21H21N5O3S/c1-13-11-19(27)22-16-5-3-4-6-17(16)26(13)20(28)12-30-21-23-18(24-25-21)10-9-15-8-7-14(2)29-15/h3-10,13H,11-12H2,1-2H3,(H,22,27)(H,23,24,25)/b10-9+. The Bertz CT molecular complexity index is 1100. The van der Waals surface area contributed by atoms with Crippen molar-refractivity contribution in [2.24, 2.45) is 0 Å². The third kappa shape index (κ3) is 4.46. The first-order valence-corrected chi connectivity index (χ1v) is 10.5. The Morgan fingerprint density at radius 3 is 2.93 bits per heavy atom. The van der Waals surface area contributed by atoms with Crippen LogP contribution < -0.4 is 10.2 Å². The van der Waals surface area contributed by atoms with Crippen LogP contribution in [0.5, 0.6) is 0 Å². The van der Waals surface area contributed by atoms with Gasteiger partial charge in [0.1, 0.15) is 17.3 Å². The summed E-state index contributed by atoms with van der Waals surface area (Å²) in [4.78, 5) is 31.1. The molecule has 30 heavy (non-hydrogen) atoms. The molecule has 0 bridgehead atoms. The summed E-state index contributed by atoms with van der Waals surface area (Å²) in [5.74, 6) is 2.08. The Labute approximate surface area is 177 Å². The van der Waals surface area contributed by atoms with E-state index in [1.54, 1.807) is 23.1 Å². The number of fused-ring (bicyclic) bond motifs is 1. The number of carbonyl (C=O) groups excluding carboxylic acids is 2. The minimum atomic E-state index is -0.246. The Hall–Kier alpha value is -3.33. The van der Waals surface area contributed by atoms with Gasteiger partial charge in [0.2, 0.25) is 17.0 Å². The van der Waals surface area contributed by atoms with E-state index in [1.807, 2.05) is 44.2 Å². The zero-order valence-corrected chi connectivity index (χ0v) is 17.4. The molecule has 2 amide bonds. The van der Waals surface area contributed by atoms with Crippen LogP contribution in [-0.2, 0) is 9.59 Å². The van der Waals surface area contributed by atoms with Crippen LogP contribution in [0.4, 0.5) is 11.4 Å². The van der Waals surface area contributed by atoms with Gasteiger partial charge in [0.05, 0.1) is 17.1 Å². The van der Waals surface area contributed by atoms with Crippen LogP contribution in [0, 0.1) is 6.92 Å². The molecule has 0 spiro atoms. The number of hydrogen-bond donors (Lipinski definition) is 2. The molecule has 1 aromatic carbocycles. The number of H-pyrrole nitrogens is 1. The lowest BCUT2D eigenvalue weighted by Gasteiger charge is -2.27. The third-order valence-electron chi connectivity index (χ3n) is 4.60. The average Bonchev–Trinajstić information content (AvgIpc) is 3.31. The number of hydrogen-bond acceptors (Lipinski definition) is 6. The molecule has 0 aliphatic carbocycles. The van der Waals surface area contributed by atoms with Gasteiger partial charge in [-0.15, -0.1) is 5.10 Å². The number of aromatic amines is 1. The first-order chi connectivity index (χ1) is 14.5. The highest BCUT2D eigenvalue weighted by molar-refractivity contribution is 7.99. The summed E-state index contributed by atoms with van der Waals surface area (Å²) in [5, 5.41) is 10.3. The summed E-state index contributed by atoms with van der Waals surface area (Å²) in [6.45, 7) is 3.75. The van der Waals surface area contributed by atoms with Crippen molar-refractivity contribution in [3.63, 3.8) is 0 Å². The van der Waals surface area contributed by atoms with Gasteiger partial charge in [-0.1, -0.05) is 23.9 Å². The van der Waals surface area contributed by atoms with Crippen LogP contribution in [0.2, 0.25) is 0 Å². The van der Waals surface area contributed by atoms with Crippen LogP contribution in [-0.4, -0.2) is 38.8 Å². The SMILES string of the molecule is Cc1ccc(/C=C/c2nc(SCC(=O)N3c4ccccc4NC(=O)CC3C)n[nH]2)o1. The average molecular weight is 423 g/mol. The third-order valence-corrected chi connectivity index (χ3v) is 5.43. The maximum absolute atomic E-state index is 13.0. The van der Waals surface area contributed by atoms with Gasteiger partial charge in [0, 0.05) is 12.5 Å². The van der Waals surface area contributed by atoms with Crippen LogP contribution in [0.3, 0.4) is 0 Å². The molecule has 4 rings (SSSR count). The predicted molar refractivity (Wildman–Crippen MR) is 116 cm³/mol. The van der Waals surface area contributed by atoms with E-state index in [4.69, 9.17) is 4.42 Å². The Morgan fingerprint density at radius 2 is 2.13 bits per heavy atom. The highest BCUT2D eigenvalue weighted by atomic mass is 32.2. The molecule has 8 nitrogen and oxygen atoms in total. The van der Waals surface area contributed by atoms with Gasteiger partial charge >= 0.3 is 0 Å². The molecule has 1 aliphatic rings. The van der Waals surface area contributed by atoms with E-state index in [0.717, 1.165) is 11.5 Å². The molecule has 1 unspecified atom stereocenters. The number of anilines is 2. The number of nitrogens with one attached hydrogen (secondary N) is 2. The lowest BCUT2D eigenvalue weighted by molar-refractivity contribution is -0.117. The molecule has 0 fully saturated rings. The number of carbonyl (C=O) groups is 2. The van der Waals surface area contributed by atoms with Crippen molar-refractivity contribution in [2.75, 3.05) is 16.0 Å². The number of benzene rings is 1. The van der Waals surface area contributed by atoms with Gasteiger partial charge in [0.25, 0.3) is 0 Å². The topological polar surface area (TPSA) is 104 Å². The minimum absolute atomic E-state index is 0.102. The zero-order valence-electron chi connectivity index (χ0n) is 16.6. The van der Waals surface area contributed by atoms with E-state index in [1.165, 1.54) is 11.8 Å². The van der Waals surface area contributed by atoms with E-state index >= 15 is 0 Å². The Kier molecular flexibility index (Phi) is 5.71. The summed E-state index contributed by atoms with van der Waals surface area (Å²) in [5.41, 5.74) is 1.34. The van der Waals surface area contributed by atoms with Gasteiger partial charge in [-0.3, -0.25) is 14.7 Å². The molecule has 0 radical (unpaired) electrons. The Balaban J connectivity index is 1.43. The summed E-state index contributed by atoms with van der Waals surface area (Å²) in [7, 11) is 0. The van der Waals surface area contributed by atoms with Crippen molar-refractivity contribution in [2.45, 2.75) is 31.5 Å². The summed E-state index contributed by atoms with van der Waals surface area (Å²) < 4.78 is 5.48. The van der Waals surface area contributed by atoms with Gasteiger partial charge < -0.3 is 14.6 Å². The number of aromatic nitrogens is 3. The number of para-hydroxylation sites is 2. The highest BCUT2D eigenvalue weighted by Crippen LogP contribution is 2.32. The van der Waals surface area contributed by atoms with Crippen LogP contribution in [0.15, 0.2) is 46.0 Å². The monoisotopic (exact) mass is 423 g/mol. The van der Waals surface area contributed by atoms with Gasteiger partial charge in [-0.2, -0.15) is 0 Å². The van der Waals surface area contributed by atoms with E-state index in [-0.39, 0.29) is 30.0 Å². The molecular weight excluding hydrogens is 402 g/mol. The molecule has 0 saturated carbocycles. The van der Waals surface area contributed by atoms with E-state index < -0.39 is 0 Å². The number of aryl methyl sites for hydroxylation is 1. The van der Waals surface area contributed by atoms with Crippen LogP contribution >= 0.6 is 11.8 Å². The Morgan fingerprint density at radius 1 is 1.30 bits per heavy atom. The number of furan rings is 1. The van der Waals surface area contributed by atoms with Crippen molar-refractivity contribution in [3.8, 4) is 0 Å². The van der Waals surface area contributed by atoms with E-state index in [2.05, 4.69) is 20.5 Å². The number of amides is 2. The molecule has 154 valence electrons. The van der Waals surface area contributed by atoms with E-state index in [9.17, 15) is 9.59 Å². The minimum Gasteiger partial charge on any atom is -0.462 e. The quantitative estimate of drug-likeness (QED) is 0.606. The maximum Gasteiger partial charge on any atom is 0.237 e.